The van der Waals surface area contributed by atoms with E-state index in [1.165, 1.54) is 17.8 Å². The van der Waals surface area contributed by atoms with Crippen molar-refractivity contribution in [3.05, 3.63) is 69.7 Å². The van der Waals surface area contributed by atoms with Gasteiger partial charge in [-0.3, -0.25) is 4.79 Å². The number of aryl methyl sites for hydroxylation is 1. The molecule has 26 heavy (non-hydrogen) atoms. The first-order chi connectivity index (χ1) is 12.0. The van der Waals surface area contributed by atoms with Gasteiger partial charge in [0.05, 0.1) is 17.0 Å². The van der Waals surface area contributed by atoms with Crippen molar-refractivity contribution in [2.45, 2.75) is 20.8 Å². The summed E-state index contributed by atoms with van der Waals surface area (Å²) in [4.78, 5) is 34.2. The number of aliphatic imine (C=N–C) groups is 1. The van der Waals surface area contributed by atoms with Gasteiger partial charge < -0.3 is 14.7 Å². The zero-order valence-electron chi connectivity index (χ0n) is 14.9. The largest absolute Gasteiger partial charge is 1.00 e. The minimum Gasteiger partial charge on any atom is -0.619 e. The van der Waals surface area contributed by atoms with Gasteiger partial charge in [-0.2, -0.15) is 0 Å². The number of carbonyl (C=O) groups is 1. The topological polar surface area (TPSA) is 63.8 Å². The summed E-state index contributed by atoms with van der Waals surface area (Å²) in [6, 6.07) is 9.12. The number of benzene rings is 1. The Morgan fingerprint density at radius 2 is 1.77 bits per heavy atom. The van der Waals surface area contributed by atoms with Crippen LogP contribution in [0.25, 0.3) is 0 Å². The van der Waals surface area contributed by atoms with E-state index in [2.05, 4.69) is 35.9 Å². The van der Waals surface area contributed by atoms with Crippen molar-refractivity contribution in [3.8, 4) is 0 Å². The molecule has 0 fully saturated rings. The van der Waals surface area contributed by atoms with E-state index in [9.17, 15) is 9.59 Å². The van der Waals surface area contributed by atoms with Crippen LogP contribution in [0.3, 0.4) is 0 Å². The minimum absolute atomic E-state index is 0. The molecule has 0 bridgehead atoms. The first-order valence-electron chi connectivity index (χ1n) is 8.38. The van der Waals surface area contributed by atoms with Crippen LogP contribution in [0.1, 0.15) is 35.5 Å². The molecule has 0 unspecified atom stereocenters. The predicted molar refractivity (Wildman–Crippen MR) is 100 cm³/mol. The number of ketones is 1. The molecule has 0 aliphatic heterocycles. The Morgan fingerprint density at radius 1 is 1.04 bits per heavy atom. The second-order valence-electron chi connectivity index (χ2n) is 5.88. The summed E-state index contributed by atoms with van der Waals surface area (Å²) < 4.78 is 0. The zero-order chi connectivity index (χ0) is 18.0. The summed E-state index contributed by atoms with van der Waals surface area (Å²) >= 11 is 0. The fourth-order valence-electron chi connectivity index (χ4n) is 2.94. The first-order valence-corrected chi connectivity index (χ1v) is 8.38. The number of hydrogen-bond donors (Lipinski definition) is 0. The Bertz CT molecular complexity index is 940. The Labute approximate surface area is 163 Å². The maximum atomic E-state index is 11.9. The van der Waals surface area contributed by atoms with Crippen LogP contribution in [0.15, 0.2) is 52.3 Å². The molecule has 1 heterocycles. The molecule has 1 aromatic heterocycles. The molecule has 0 atom stereocenters. The molecule has 0 saturated carbocycles. The van der Waals surface area contributed by atoms with Crippen LogP contribution in [0.5, 0.6) is 0 Å². The summed E-state index contributed by atoms with van der Waals surface area (Å²) in [7, 11) is 0. The molecule has 2 aromatic rings. The SMILES string of the molecule is CCN(CC)c1ccc(N=C2C=CC(=O)c3[n-]c(=O)ccc32)c(C)c1.[Cu+]. The van der Waals surface area contributed by atoms with E-state index in [0.717, 1.165) is 24.3 Å². The van der Waals surface area contributed by atoms with E-state index in [1.807, 2.05) is 13.0 Å². The standard InChI is InChI=1S/C20H21N3O2.Cu/c1-4-23(5-2)14-6-8-16(13(3)12-14)21-17-9-10-18(24)20-15(17)7-11-19(25)22-20;/h6-12H,4-5H2,1-3H3,(H,21,22,25);/q;+1/p-1. The van der Waals surface area contributed by atoms with Gasteiger partial charge in [0.2, 0.25) is 0 Å². The first kappa shape index (κ1) is 19.9. The van der Waals surface area contributed by atoms with E-state index in [4.69, 9.17) is 4.99 Å². The maximum Gasteiger partial charge on any atom is 1.00 e. The zero-order valence-corrected chi connectivity index (χ0v) is 15.9. The molecular formula is C20H20CuN3O2. The monoisotopic (exact) mass is 397 g/mol. The molecule has 1 aromatic carbocycles. The van der Waals surface area contributed by atoms with Gasteiger partial charge in [-0.1, -0.05) is 11.8 Å². The summed E-state index contributed by atoms with van der Waals surface area (Å²) in [5, 5.41) is 0. The summed E-state index contributed by atoms with van der Waals surface area (Å²) in [6.45, 7) is 8.18. The van der Waals surface area contributed by atoms with Gasteiger partial charge in [0.15, 0.2) is 5.78 Å². The van der Waals surface area contributed by atoms with Crippen LogP contribution in [-0.2, 0) is 17.1 Å². The average molecular weight is 398 g/mol. The number of fused-ring (bicyclic) bond motifs is 1. The van der Waals surface area contributed by atoms with Gasteiger partial charge in [-0.05, 0) is 68.3 Å². The van der Waals surface area contributed by atoms with Crippen molar-refractivity contribution in [2.24, 2.45) is 4.99 Å². The number of nitrogens with zero attached hydrogens (tertiary/aromatic N) is 3. The number of anilines is 1. The molecule has 0 spiro atoms. The van der Waals surface area contributed by atoms with Gasteiger partial charge in [-0.15, -0.1) is 0 Å². The molecular weight excluding hydrogens is 378 g/mol. The summed E-state index contributed by atoms with van der Waals surface area (Å²) in [6.07, 6.45) is 3.09. The molecule has 0 radical (unpaired) electrons. The van der Waals surface area contributed by atoms with E-state index in [0.29, 0.717) is 11.3 Å². The molecule has 0 amide bonds. The normalized spacial score (nSPS) is 14.1. The smallest absolute Gasteiger partial charge is 0.619 e. The van der Waals surface area contributed by atoms with Gasteiger partial charge in [0.25, 0.3) is 0 Å². The number of hydrogen-bond acceptors (Lipinski definition) is 4. The van der Waals surface area contributed by atoms with Crippen molar-refractivity contribution >= 4 is 22.9 Å². The van der Waals surface area contributed by atoms with Crippen LogP contribution in [0, 0.1) is 6.92 Å². The molecule has 6 heteroatoms. The van der Waals surface area contributed by atoms with Crippen LogP contribution < -0.4 is 15.4 Å². The second-order valence-corrected chi connectivity index (χ2v) is 5.88. The van der Waals surface area contributed by atoms with Crippen molar-refractivity contribution in [1.29, 1.82) is 0 Å². The van der Waals surface area contributed by atoms with Crippen LogP contribution in [-0.4, -0.2) is 24.6 Å². The van der Waals surface area contributed by atoms with Crippen LogP contribution in [0.4, 0.5) is 11.4 Å². The van der Waals surface area contributed by atoms with Crippen LogP contribution >= 0.6 is 0 Å². The number of rotatable bonds is 4. The van der Waals surface area contributed by atoms with Gasteiger partial charge in [-0.25, -0.2) is 4.99 Å². The molecule has 1 aliphatic rings. The third kappa shape index (κ3) is 3.87. The Kier molecular flexibility index (Phi) is 6.35. The quantitative estimate of drug-likeness (QED) is 0.744. The van der Waals surface area contributed by atoms with Gasteiger partial charge >= 0.3 is 17.1 Å². The third-order valence-electron chi connectivity index (χ3n) is 4.32. The fraction of sp³-hybridized carbons (Fsp3) is 0.250. The van der Waals surface area contributed by atoms with Gasteiger partial charge in [0.1, 0.15) is 0 Å². The van der Waals surface area contributed by atoms with Crippen molar-refractivity contribution in [3.63, 3.8) is 0 Å². The van der Waals surface area contributed by atoms with Crippen molar-refractivity contribution in [2.75, 3.05) is 18.0 Å². The Balaban J connectivity index is 0.00000243. The summed E-state index contributed by atoms with van der Waals surface area (Å²) in [5.41, 5.74) is 4.05. The van der Waals surface area contributed by atoms with Crippen molar-refractivity contribution < 1.29 is 21.9 Å². The number of pyridine rings is 1. The maximum absolute atomic E-state index is 11.9. The van der Waals surface area contributed by atoms with E-state index in [1.54, 1.807) is 12.1 Å². The number of carbonyl (C=O) groups excluding carboxylic acids is 1. The predicted octanol–water partition coefficient (Wildman–Crippen LogP) is 3.03. The Morgan fingerprint density at radius 3 is 2.42 bits per heavy atom. The number of aromatic nitrogens is 1. The third-order valence-corrected chi connectivity index (χ3v) is 4.32. The summed E-state index contributed by atoms with van der Waals surface area (Å²) in [5.74, 6) is -0.264. The van der Waals surface area contributed by atoms with E-state index < -0.39 is 5.56 Å². The molecule has 138 valence electrons. The fourth-order valence-corrected chi connectivity index (χ4v) is 2.94. The van der Waals surface area contributed by atoms with Crippen LogP contribution in [0.2, 0.25) is 0 Å². The van der Waals surface area contributed by atoms with E-state index >= 15 is 0 Å². The molecule has 3 rings (SSSR count). The molecule has 5 nitrogen and oxygen atoms in total. The number of allylic oxidation sites excluding steroid dienone is 2. The minimum atomic E-state index is -0.415. The molecule has 1 aliphatic carbocycles. The van der Waals surface area contributed by atoms with Gasteiger partial charge in [0, 0.05) is 18.8 Å². The molecule has 0 N–H and O–H groups in total. The second kappa shape index (κ2) is 8.30. The molecule has 0 saturated heterocycles. The average Bonchev–Trinajstić information content (AvgIpc) is 2.60. The van der Waals surface area contributed by atoms with E-state index in [-0.39, 0.29) is 28.5 Å². The van der Waals surface area contributed by atoms with Crippen molar-refractivity contribution in [1.82, 2.24) is 4.98 Å². The Hall–Kier alpha value is -2.43.